The van der Waals surface area contributed by atoms with E-state index in [0.29, 0.717) is 21.6 Å². The Morgan fingerprint density at radius 1 is 1.50 bits per heavy atom. The van der Waals surface area contributed by atoms with Gasteiger partial charge in [0.25, 0.3) is 0 Å². The molecule has 2 aromatic heterocycles. The molecule has 1 unspecified atom stereocenters. The number of thiophene rings is 1. The number of hydrogen-bond acceptors (Lipinski definition) is 4. The molecule has 0 saturated heterocycles. The molecular formula is C12H14BrCl2N3OS. The minimum atomic E-state index is -0.832. The SMILES string of the molecule is CN(C)CCn1ncc(Cl)c1C(O)c1cc(Br)c(Cl)s1. The van der Waals surface area contributed by atoms with E-state index in [1.54, 1.807) is 16.9 Å². The molecule has 0 aliphatic heterocycles. The van der Waals surface area contributed by atoms with Crippen molar-refractivity contribution < 1.29 is 5.11 Å². The molecule has 0 aromatic carbocycles. The summed E-state index contributed by atoms with van der Waals surface area (Å²) in [4.78, 5) is 2.78. The first kappa shape index (κ1) is 16.3. The third kappa shape index (κ3) is 3.55. The van der Waals surface area contributed by atoms with Gasteiger partial charge in [0.1, 0.15) is 10.4 Å². The molecule has 0 aliphatic carbocycles. The molecule has 8 heteroatoms. The molecule has 2 heterocycles. The van der Waals surface area contributed by atoms with E-state index in [9.17, 15) is 5.11 Å². The van der Waals surface area contributed by atoms with Crippen LogP contribution in [-0.2, 0) is 6.54 Å². The average molecular weight is 399 g/mol. The van der Waals surface area contributed by atoms with Crippen molar-refractivity contribution in [2.24, 2.45) is 0 Å². The highest BCUT2D eigenvalue weighted by atomic mass is 79.9. The lowest BCUT2D eigenvalue weighted by Crippen LogP contribution is -2.21. The lowest BCUT2D eigenvalue weighted by Gasteiger charge is -2.15. The maximum atomic E-state index is 10.5. The summed E-state index contributed by atoms with van der Waals surface area (Å²) in [6.07, 6.45) is 0.723. The lowest BCUT2D eigenvalue weighted by atomic mass is 10.2. The zero-order chi connectivity index (χ0) is 14.9. The molecule has 110 valence electrons. The van der Waals surface area contributed by atoms with Gasteiger partial charge in [-0.2, -0.15) is 5.10 Å². The Balaban J connectivity index is 2.29. The Bertz CT molecular complexity index is 580. The molecule has 20 heavy (non-hydrogen) atoms. The molecule has 0 fully saturated rings. The molecule has 2 aromatic rings. The predicted octanol–water partition coefficient (Wildman–Crippen LogP) is 3.66. The van der Waals surface area contributed by atoms with Gasteiger partial charge in [-0.15, -0.1) is 11.3 Å². The van der Waals surface area contributed by atoms with Crippen LogP contribution in [0.15, 0.2) is 16.7 Å². The van der Waals surface area contributed by atoms with Gasteiger partial charge in [0, 0.05) is 15.9 Å². The average Bonchev–Trinajstić information content (AvgIpc) is 2.90. The smallest absolute Gasteiger partial charge is 0.131 e. The van der Waals surface area contributed by atoms with Gasteiger partial charge in [-0.3, -0.25) is 4.68 Å². The van der Waals surface area contributed by atoms with Crippen LogP contribution >= 0.6 is 50.5 Å². The topological polar surface area (TPSA) is 41.3 Å². The van der Waals surface area contributed by atoms with Gasteiger partial charge in [0.05, 0.1) is 23.5 Å². The molecule has 1 N–H and O–H groups in total. The van der Waals surface area contributed by atoms with Crippen molar-refractivity contribution in [1.82, 2.24) is 14.7 Å². The highest BCUT2D eigenvalue weighted by molar-refractivity contribution is 9.10. The van der Waals surface area contributed by atoms with Gasteiger partial charge in [0.15, 0.2) is 0 Å². The van der Waals surface area contributed by atoms with E-state index in [-0.39, 0.29) is 0 Å². The fraction of sp³-hybridized carbons (Fsp3) is 0.417. The summed E-state index contributed by atoms with van der Waals surface area (Å²) in [6.45, 7) is 1.47. The minimum Gasteiger partial charge on any atom is -0.381 e. The number of aromatic nitrogens is 2. The quantitative estimate of drug-likeness (QED) is 0.835. The molecule has 0 aliphatic rings. The fourth-order valence-electron chi connectivity index (χ4n) is 1.75. The summed E-state index contributed by atoms with van der Waals surface area (Å²) in [5.74, 6) is 0. The van der Waals surface area contributed by atoms with E-state index in [4.69, 9.17) is 23.2 Å². The summed E-state index contributed by atoms with van der Waals surface area (Å²) in [5.41, 5.74) is 0.596. The lowest BCUT2D eigenvalue weighted by molar-refractivity contribution is 0.209. The number of halogens is 3. The Morgan fingerprint density at radius 3 is 2.75 bits per heavy atom. The number of hydrogen-bond donors (Lipinski definition) is 1. The van der Waals surface area contributed by atoms with Gasteiger partial charge in [0.2, 0.25) is 0 Å². The predicted molar refractivity (Wildman–Crippen MR) is 86.9 cm³/mol. The number of aliphatic hydroxyl groups excluding tert-OH is 1. The third-order valence-corrected chi connectivity index (χ3v) is 5.60. The number of aliphatic hydroxyl groups is 1. The second-order valence-corrected chi connectivity index (χ2v) is 7.52. The Kier molecular flexibility index (Phi) is 5.50. The van der Waals surface area contributed by atoms with E-state index >= 15 is 0 Å². The summed E-state index contributed by atoms with van der Waals surface area (Å²) in [6, 6.07) is 1.80. The van der Waals surface area contributed by atoms with Gasteiger partial charge in [-0.05, 0) is 36.1 Å². The van der Waals surface area contributed by atoms with Gasteiger partial charge in [-0.1, -0.05) is 23.2 Å². The number of rotatable bonds is 5. The molecule has 0 spiro atoms. The molecule has 2 rings (SSSR count). The van der Waals surface area contributed by atoms with Crippen molar-refractivity contribution in [3.63, 3.8) is 0 Å². The first-order valence-electron chi connectivity index (χ1n) is 5.89. The van der Waals surface area contributed by atoms with Crippen LogP contribution in [0.2, 0.25) is 9.36 Å². The Hall–Kier alpha value is -0.110. The third-order valence-electron chi connectivity index (χ3n) is 2.78. The highest BCUT2D eigenvalue weighted by Gasteiger charge is 2.22. The standard InChI is InChI=1S/C12H14BrCl2N3OS/c1-17(2)3-4-18-10(8(14)6-16-18)11(19)9-5-7(13)12(15)20-9/h5-6,11,19H,3-4H2,1-2H3. The van der Waals surface area contributed by atoms with E-state index in [1.807, 2.05) is 19.0 Å². The number of nitrogens with zero attached hydrogens (tertiary/aromatic N) is 3. The second kappa shape index (κ2) is 6.77. The van der Waals surface area contributed by atoms with Crippen LogP contribution in [0.4, 0.5) is 0 Å². The van der Waals surface area contributed by atoms with Crippen molar-refractivity contribution in [2.75, 3.05) is 20.6 Å². The van der Waals surface area contributed by atoms with Crippen LogP contribution in [0.1, 0.15) is 16.7 Å². The zero-order valence-corrected chi connectivity index (χ0v) is 14.9. The van der Waals surface area contributed by atoms with Crippen LogP contribution in [0.5, 0.6) is 0 Å². The van der Waals surface area contributed by atoms with Gasteiger partial charge < -0.3 is 10.0 Å². The summed E-state index contributed by atoms with van der Waals surface area (Å²) in [7, 11) is 3.97. The monoisotopic (exact) mass is 397 g/mol. The molecule has 0 amide bonds. The maximum Gasteiger partial charge on any atom is 0.131 e. The van der Waals surface area contributed by atoms with Crippen LogP contribution in [0, 0.1) is 0 Å². The zero-order valence-electron chi connectivity index (χ0n) is 11.0. The fourth-order valence-corrected chi connectivity index (χ4v) is 3.72. The van der Waals surface area contributed by atoms with E-state index in [1.165, 1.54) is 11.3 Å². The van der Waals surface area contributed by atoms with Crippen molar-refractivity contribution in [3.8, 4) is 0 Å². The summed E-state index contributed by atoms with van der Waals surface area (Å²) < 4.78 is 3.11. The van der Waals surface area contributed by atoms with Crippen LogP contribution < -0.4 is 0 Å². The van der Waals surface area contributed by atoms with Crippen molar-refractivity contribution in [3.05, 3.63) is 36.7 Å². The summed E-state index contributed by atoms with van der Waals surface area (Å²) in [5, 5.41) is 15.2. The van der Waals surface area contributed by atoms with Crippen LogP contribution in [-0.4, -0.2) is 40.4 Å². The van der Waals surface area contributed by atoms with Crippen LogP contribution in [0.25, 0.3) is 0 Å². The first-order valence-corrected chi connectivity index (χ1v) is 8.25. The molecular weight excluding hydrogens is 385 g/mol. The molecule has 0 bridgehead atoms. The van der Waals surface area contributed by atoms with E-state index in [2.05, 4.69) is 21.0 Å². The molecule has 4 nitrogen and oxygen atoms in total. The second-order valence-electron chi connectivity index (χ2n) is 4.58. The number of likely N-dealkylation sites (N-methyl/N-ethyl adjacent to an activating group) is 1. The van der Waals surface area contributed by atoms with Crippen LogP contribution in [0.3, 0.4) is 0 Å². The van der Waals surface area contributed by atoms with Gasteiger partial charge >= 0.3 is 0 Å². The largest absolute Gasteiger partial charge is 0.381 e. The van der Waals surface area contributed by atoms with Gasteiger partial charge in [-0.25, -0.2) is 0 Å². The highest BCUT2D eigenvalue weighted by Crippen LogP contribution is 2.38. The normalized spacial score (nSPS) is 13.2. The summed E-state index contributed by atoms with van der Waals surface area (Å²) >= 11 is 16.8. The van der Waals surface area contributed by atoms with Crippen molar-refractivity contribution in [1.29, 1.82) is 0 Å². The van der Waals surface area contributed by atoms with Crippen molar-refractivity contribution >= 4 is 50.5 Å². The minimum absolute atomic E-state index is 0.455. The molecule has 0 saturated carbocycles. The Morgan fingerprint density at radius 2 is 2.20 bits per heavy atom. The Labute approximate surface area is 140 Å². The maximum absolute atomic E-state index is 10.5. The van der Waals surface area contributed by atoms with E-state index in [0.717, 1.165) is 15.9 Å². The van der Waals surface area contributed by atoms with E-state index < -0.39 is 6.10 Å². The van der Waals surface area contributed by atoms with Crippen molar-refractivity contribution in [2.45, 2.75) is 12.6 Å². The molecule has 0 radical (unpaired) electrons. The molecule has 1 atom stereocenters. The first-order chi connectivity index (χ1) is 9.40.